The molecule has 1 aliphatic heterocycles. The molecule has 2 aromatic rings. The van der Waals surface area contributed by atoms with Crippen LogP contribution in [0.15, 0.2) is 47.4 Å². The highest BCUT2D eigenvalue weighted by Gasteiger charge is 2.42. The van der Waals surface area contributed by atoms with Crippen LogP contribution in [0.1, 0.15) is 42.5 Å². The topological polar surface area (TPSA) is 101 Å². The first-order valence-electron chi connectivity index (χ1n) is 9.88. The third kappa shape index (κ3) is 3.66. The van der Waals surface area contributed by atoms with E-state index in [1.807, 2.05) is 24.3 Å². The predicted molar refractivity (Wildman–Crippen MR) is 114 cm³/mol. The Morgan fingerprint density at radius 1 is 1.13 bits per heavy atom. The van der Waals surface area contributed by atoms with E-state index in [-0.39, 0.29) is 22.4 Å². The van der Waals surface area contributed by atoms with Gasteiger partial charge in [-0.3, -0.25) is 4.79 Å². The Morgan fingerprint density at radius 3 is 2.53 bits per heavy atom. The summed E-state index contributed by atoms with van der Waals surface area (Å²) in [6, 6.07) is 11.7. The van der Waals surface area contributed by atoms with Crippen molar-refractivity contribution in [2.45, 2.75) is 44.0 Å². The second-order valence-corrected chi connectivity index (χ2v) is 11.5. The van der Waals surface area contributed by atoms with Crippen LogP contribution >= 0.6 is 0 Å². The molecule has 1 heterocycles. The molecule has 0 radical (unpaired) electrons. The summed E-state index contributed by atoms with van der Waals surface area (Å²) in [5.74, 6) is -1.36. The van der Waals surface area contributed by atoms with Gasteiger partial charge in [0.05, 0.1) is 22.3 Å². The number of nitrogens with one attached hydrogen (secondary N) is 1. The van der Waals surface area contributed by atoms with Gasteiger partial charge in [-0.25, -0.2) is 25.9 Å². The molecule has 1 fully saturated rings. The maximum atomic E-state index is 13.1. The van der Waals surface area contributed by atoms with Gasteiger partial charge < -0.3 is 0 Å². The Labute approximate surface area is 177 Å². The first-order valence-corrected chi connectivity index (χ1v) is 13.0. The summed E-state index contributed by atoms with van der Waals surface area (Å²) in [5, 5.41) is 0. The molecule has 0 aromatic heterocycles. The van der Waals surface area contributed by atoms with Crippen LogP contribution in [0.3, 0.4) is 0 Å². The summed E-state index contributed by atoms with van der Waals surface area (Å²) in [7, 11) is -7.57. The number of carbonyl (C=O) groups excluding carboxylic acids is 1. The normalized spacial score (nSPS) is 23.4. The minimum Gasteiger partial charge on any atom is -0.273 e. The van der Waals surface area contributed by atoms with Crippen molar-refractivity contribution in [2.75, 3.05) is 10.1 Å². The molecular weight excluding hydrogens is 424 g/mol. The third-order valence-corrected chi connectivity index (χ3v) is 9.21. The van der Waals surface area contributed by atoms with Crippen molar-refractivity contribution in [1.29, 1.82) is 0 Å². The molecule has 0 bridgehead atoms. The average molecular weight is 449 g/mol. The number of hydrogen-bond donors (Lipinski definition) is 1. The average Bonchev–Trinajstić information content (AvgIpc) is 2.88. The van der Waals surface area contributed by atoms with E-state index in [4.69, 9.17) is 0 Å². The van der Waals surface area contributed by atoms with E-state index in [9.17, 15) is 21.6 Å². The number of anilines is 1. The predicted octanol–water partition coefficient (Wildman–Crippen LogP) is 2.66. The number of aryl methyl sites for hydroxylation is 2. The smallest absolute Gasteiger partial charge is 0.244 e. The molecule has 2 aliphatic rings. The van der Waals surface area contributed by atoms with Gasteiger partial charge in [-0.1, -0.05) is 31.2 Å². The van der Waals surface area contributed by atoms with E-state index in [2.05, 4.69) is 4.72 Å². The highest BCUT2D eigenvalue weighted by atomic mass is 32.2. The van der Waals surface area contributed by atoms with Gasteiger partial charge in [0, 0.05) is 6.04 Å². The SMILES string of the molecule is Cc1cc(N2C(=O)C(C)CS2(=O)=O)ccc1S(=O)(=O)NC1CCCc2ccccc21. The molecule has 1 saturated heterocycles. The first kappa shape index (κ1) is 21.0. The lowest BCUT2D eigenvalue weighted by Crippen LogP contribution is -2.32. The molecule has 30 heavy (non-hydrogen) atoms. The second kappa shape index (κ2) is 7.47. The van der Waals surface area contributed by atoms with E-state index in [1.165, 1.54) is 18.2 Å². The van der Waals surface area contributed by atoms with Gasteiger partial charge in [0.15, 0.2) is 0 Å². The Balaban J connectivity index is 1.64. The fourth-order valence-electron chi connectivity index (χ4n) is 4.28. The van der Waals surface area contributed by atoms with Crippen LogP contribution in [-0.4, -0.2) is 28.5 Å². The zero-order valence-electron chi connectivity index (χ0n) is 16.8. The van der Waals surface area contributed by atoms with Crippen LogP contribution in [0.5, 0.6) is 0 Å². The van der Waals surface area contributed by atoms with Crippen molar-refractivity contribution in [3.05, 3.63) is 59.2 Å². The number of fused-ring (bicyclic) bond motifs is 1. The summed E-state index contributed by atoms with van der Waals surface area (Å²) < 4.78 is 54.4. The standard InChI is InChI=1S/C21H24N2O5S2/c1-14-12-17(23-21(24)15(2)13-29(23,25)26)10-11-20(14)30(27,28)22-19-9-5-7-16-6-3-4-8-18(16)19/h3-4,6,8,10-12,15,19,22H,5,7,9,13H2,1-2H3. The van der Waals surface area contributed by atoms with Crippen LogP contribution in [0, 0.1) is 12.8 Å². The fourth-order valence-corrected chi connectivity index (χ4v) is 7.56. The Hall–Kier alpha value is -2.23. The maximum absolute atomic E-state index is 13.1. The number of benzene rings is 2. The number of amides is 1. The van der Waals surface area contributed by atoms with Crippen LogP contribution in [-0.2, 0) is 31.3 Å². The third-order valence-electron chi connectivity index (χ3n) is 5.71. The highest BCUT2D eigenvalue weighted by Crippen LogP contribution is 2.33. The van der Waals surface area contributed by atoms with Crippen molar-refractivity contribution in [1.82, 2.24) is 4.72 Å². The van der Waals surface area contributed by atoms with E-state index in [1.54, 1.807) is 13.8 Å². The number of sulfonamides is 2. The molecule has 1 amide bonds. The molecule has 2 atom stereocenters. The summed E-state index contributed by atoms with van der Waals surface area (Å²) >= 11 is 0. The Morgan fingerprint density at radius 2 is 1.87 bits per heavy atom. The molecular formula is C21H24N2O5S2. The van der Waals surface area contributed by atoms with E-state index in [0.717, 1.165) is 28.3 Å². The van der Waals surface area contributed by atoms with Gasteiger partial charge in [0.25, 0.3) is 0 Å². The van der Waals surface area contributed by atoms with Crippen molar-refractivity contribution in [3.63, 3.8) is 0 Å². The van der Waals surface area contributed by atoms with Crippen LogP contribution < -0.4 is 9.03 Å². The minimum absolute atomic E-state index is 0.0754. The molecule has 1 N–H and O–H groups in total. The highest BCUT2D eigenvalue weighted by molar-refractivity contribution is 7.94. The number of hydrogen-bond acceptors (Lipinski definition) is 5. The largest absolute Gasteiger partial charge is 0.273 e. The quantitative estimate of drug-likeness (QED) is 0.775. The van der Waals surface area contributed by atoms with E-state index in [0.29, 0.717) is 12.0 Å². The summed E-state index contributed by atoms with van der Waals surface area (Å²) in [6.45, 7) is 3.17. The van der Waals surface area contributed by atoms with Gasteiger partial charge in [-0.15, -0.1) is 0 Å². The molecule has 9 heteroatoms. The van der Waals surface area contributed by atoms with Gasteiger partial charge in [-0.2, -0.15) is 0 Å². The lowest BCUT2D eigenvalue weighted by Gasteiger charge is -2.26. The molecule has 2 unspecified atom stereocenters. The van der Waals surface area contributed by atoms with Gasteiger partial charge in [0.2, 0.25) is 26.0 Å². The lowest BCUT2D eigenvalue weighted by atomic mass is 9.88. The van der Waals surface area contributed by atoms with Crippen molar-refractivity contribution in [3.8, 4) is 0 Å². The molecule has 0 spiro atoms. The van der Waals surface area contributed by atoms with Crippen LogP contribution in [0.25, 0.3) is 0 Å². The van der Waals surface area contributed by atoms with Gasteiger partial charge >= 0.3 is 0 Å². The zero-order valence-corrected chi connectivity index (χ0v) is 18.5. The molecule has 4 rings (SSSR count). The minimum atomic E-state index is -3.83. The lowest BCUT2D eigenvalue weighted by molar-refractivity contribution is -0.119. The second-order valence-electron chi connectivity index (χ2n) is 8.00. The molecule has 7 nitrogen and oxygen atoms in total. The van der Waals surface area contributed by atoms with E-state index < -0.39 is 31.9 Å². The number of carbonyl (C=O) groups is 1. The monoisotopic (exact) mass is 448 g/mol. The molecule has 2 aromatic carbocycles. The van der Waals surface area contributed by atoms with Crippen LogP contribution in [0.2, 0.25) is 0 Å². The summed E-state index contributed by atoms with van der Waals surface area (Å²) in [4.78, 5) is 12.4. The van der Waals surface area contributed by atoms with Crippen molar-refractivity contribution >= 4 is 31.6 Å². The molecule has 1 aliphatic carbocycles. The Bertz CT molecular complexity index is 1220. The first-order chi connectivity index (χ1) is 14.1. The summed E-state index contributed by atoms with van der Waals surface area (Å²) in [6.07, 6.45) is 2.54. The van der Waals surface area contributed by atoms with Crippen LogP contribution in [0.4, 0.5) is 5.69 Å². The van der Waals surface area contributed by atoms with Gasteiger partial charge in [0.1, 0.15) is 0 Å². The van der Waals surface area contributed by atoms with Gasteiger partial charge in [-0.05, 0) is 61.1 Å². The molecule has 0 saturated carbocycles. The number of rotatable bonds is 4. The number of nitrogens with zero attached hydrogens (tertiary/aromatic N) is 1. The Kier molecular flexibility index (Phi) is 5.24. The molecule has 160 valence electrons. The van der Waals surface area contributed by atoms with E-state index >= 15 is 0 Å². The fraction of sp³-hybridized carbons (Fsp3) is 0.381. The van der Waals surface area contributed by atoms with Crippen molar-refractivity contribution < 1.29 is 21.6 Å². The summed E-state index contributed by atoms with van der Waals surface area (Å²) in [5.41, 5.74) is 2.69. The van der Waals surface area contributed by atoms with Crippen molar-refractivity contribution in [2.24, 2.45) is 5.92 Å². The maximum Gasteiger partial charge on any atom is 0.244 e. The zero-order chi connectivity index (χ0) is 21.7.